The topological polar surface area (TPSA) is 25.2 Å². The van der Waals surface area contributed by atoms with E-state index in [0.717, 1.165) is 12.8 Å². The van der Waals surface area contributed by atoms with Crippen LogP contribution in [0.5, 0.6) is 0 Å². The number of aliphatic imine (C=N–C) groups is 1. The Morgan fingerprint density at radius 1 is 1.31 bits per heavy atom. The van der Waals surface area contributed by atoms with E-state index in [-0.39, 0.29) is 0 Å². The number of unbranched alkanes of at least 4 members (excludes halogenated alkanes) is 2. The van der Waals surface area contributed by atoms with Gasteiger partial charge in [-0.15, -0.1) is 0 Å². The van der Waals surface area contributed by atoms with Gasteiger partial charge in [0.15, 0.2) is 0 Å². The molecule has 0 aliphatic rings. The minimum atomic E-state index is 1.10. The first-order valence-electron chi connectivity index (χ1n) is 4.73. The van der Waals surface area contributed by atoms with E-state index in [0.29, 0.717) is 0 Å². The third-order valence-electron chi connectivity index (χ3n) is 1.98. The molecule has 2 nitrogen and oxygen atoms in total. The quantitative estimate of drug-likeness (QED) is 0.500. The largest absolute Gasteiger partial charge is 0.301 e. The second-order valence-electron chi connectivity index (χ2n) is 3.04. The lowest BCUT2D eigenvalue weighted by molar-refractivity contribution is 0.765. The Labute approximate surface area is 79.7 Å². The fraction of sp³-hybridized carbons (Fsp3) is 0.455. The lowest BCUT2D eigenvalue weighted by Gasteiger charge is -1.98. The van der Waals surface area contributed by atoms with Crippen molar-refractivity contribution in [2.75, 3.05) is 7.05 Å². The molecule has 0 N–H and O–H groups in total. The Balaban J connectivity index is 2.13. The molecule has 2 heteroatoms. The zero-order valence-corrected chi connectivity index (χ0v) is 8.11. The van der Waals surface area contributed by atoms with Crippen LogP contribution in [-0.4, -0.2) is 18.2 Å². The Hall–Kier alpha value is -1.18. The number of pyridine rings is 1. The smallest absolute Gasteiger partial charge is 0.0273 e. The van der Waals surface area contributed by atoms with Crippen molar-refractivity contribution in [3.05, 3.63) is 30.1 Å². The van der Waals surface area contributed by atoms with Crippen LogP contribution in [0.2, 0.25) is 0 Å². The molecule has 0 atom stereocenters. The molecular weight excluding hydrogens is 160 g/mol. The second kappa shape index (κ2) is 6.35. The molecule has 1 aromatic rings. The van der Waals surface area contributed by atoms with Gasteiger partial charge < -0.3 is 4.99 Å². The zero-order valence-electron chi connectivity index (χ0n) is 8.11. The first kappa shape index (κ1) is 9.90. The normalized spacial score (nSPS) is 10.8. The van der Waals surface area contributed by atoms with Crippen LogP contribution < -0.4 is 0 Å². The van der Waals surface area contributed by atoms with Gasteiger partial charge in [-0.3, -0.25) is 4.98 Å². The van der Waals surface area contributed by atoms with Gasteiger partial charge in [0.2, 0.25) is 0 Å². The molecule has 0 spiro atoms. The summed E-state index contributed by atoms with van der Waals surface area (Å²) in [5.74, 6) is 0. The highest BCUT2D eigenvalue weighted by Crippen LogP contribution is 2.04. The van der Waals surface area contributed by atoms with E-state index in [1.807, 2.05) is 25.7 Å². The predicted octanol–water partition coefficient (Wildman–Crippen LogP) is 2.50. The van der Waals surface area contributed by atoms with Crippen molar-refractivity contribution < 1.29 is 0 Å². The summed E-state index contributed by atoms with van der Waals surface area (Å²) in [5.41, 5.74) is 1.38. The highest BCUT2D eigenvalue weighted by Gasteiger charge is 1.90. The number of hydrogen-bond donors (Lipinski definition) is 0. The van der Waals surface area contributed by atoms with Crippen LogP contribution in [0, 0.1) is 0 Å². The SMILES string of the molecule is CN=CCCCCc1ccncc1. The van der Waals surface area contributed by atoms with E-state index >= 15 is 0 Å². The van der Waals surface area contributed by atoms with Crippen molar-refractivity contribution in [3.8, 4) is 0 Å². The lowest BCUT2D eigenvalue weighted by atomic mass is 10.1. The third-order valence-corrected chi connectivity index (χ3v) is 1.98. The van der Waals surface area contributed by atoms with Crippen LogP contribution in [0.25, 0.3) is 0 Å². The molecule has 1 rings (SSSR count). The lowest BCUT2D eigenvalue weighted by Crippen LogP contribution is -1.86. The van der Waals surface area contributed by atoms with Gasteiger partial charge in [0, 0.05) is 19.4 Å². The molecule has 0 saturated carbocycles. The molecule has 70 valence electrons. The number of rotatable bonds is 5. The highest BCUT2D eigenvalue weighted by molar-refractivity contribution is 5.56. The Kier molecular flexibility index (Phi) is 4.84. The minimum Gasteiger partial charge on any atom is -0.301 e. The summed E-state index contributed by atoms with van der Waals surface area (Å²) in [4.78, 5) is 7.93. The van der Waals surface area contributed by atoms with E-state index < -0.39 is 0 Å². The van der Waals surface area contributed by atoms with E-state index in [1.165, 1.54) is 18.4 Å². The van der Waals surface area contributed by atoms with E-state index in [1.54, 1.807) is 0 Å². The third kappa shape index (κ3) is 4.41. The van der Waals surface area contributed by atoms with E-state index in [2.05, 4.69) is 22.1 Å². The molecule has 0 aliphatic heterocycles. The van der Waals surface area contributed by atoms with Crippen molar-refractivity contribution in [1.29, 1.82) is 0 Å². The van der Waals surface area contributed by atoms with Crippen LogP contribution in [0.4, 0.5) is 0 Å². The van der Waals surface area contributed by atoms with Crippen molar-refractivity contribution in [1.82, 2.24) is 4.98 Å². The second-order valence-corrected chi connectivity index (χ2v) is 3.04. The summed E-state index contributed by atoms with van der Waals surface area (Å²) >= 11 is 0. The van der Waals surface area contributed by atoms with Crippen LogP contribution >= 0.6 is 0 Å². The van der Waals surface area contributed by atoms with Crippen molar-refractivity contribution >= 4 is 6.21 Å². The van der Waals surface area contributed by atoms with Crippen molar-refractivity contribution in [2.45, 2.75) is 25.7 Å². The summed E-state index contributed by atoms with van der Waals surface area (Å²) in [6.45, 7) is 0. The summed E-state index contributed by atoms with van der Waals surface area (Å²) in [6.07, 6.45) is 10.4. The van der Waals surface area contributed by atoms with Crippen molar-refractivity contribution in [3.63, 3.8) is 0 Å². The van der Waals surface area contributed by atoms with Crippen molar-refractivity contribution in [2.24, 2.45) is 4.99 Å². The molecule has 0 bridgehead atoms. The number of hydrogen-bond acceptors (Lipinski definition) is 2. The molecule has 1 heterocycles. The maximum Gasteiger partial charge on any atom is 0.0273 e. The Morgan fingerprint density at radius 2 is 2.08 bits per heavy atom. The van der Waals surface area contributed by atoms with E-state index in [9.17, 15) is 0 Å². The molecule has 0 radical (unpaired) electrons. The fourth-order valence-corrected chi connectivity index (χ4v) is 1.24. The summed E-state index contributed by atoms with van der Waals surface area (Å²) < 4.78 is 0. The monoisotopic (exact) mass is 176 g/mol. The molecular formula is C11H16N2. The van der Waals surface area contributed by atoms with Crippen LogP contribution in [-0.2, 0) is 6.42 Å². The Morgan fingerprint density at radius 3 is 2.77 bits per heavy atom. The molecule has 13 heavy (non-hydrogen) atoms. The van der Waals surface area contributed by atoms with Gasteiger partial charge in [-0.25, -0.2) is 0 Å². The summed E-state index contributed by atoms with van der Waals surface area (Å²) in [6, 6.07) is 4.15. The van der Waals surface area contributed by atoms with E-state index in [4.69, 9.17) is 0 Å². The van der Waals surface area contributed by atoms with Crippen LogP contribution in [0.3, 0.4) is 0 Å². The molecule has 0 amide bonds. The van der Waals surface area contributed by atoms with Gasteiger partial charge in [0.25, 0.3) is 0 Å². The van der Waals surface area contributed by atoms with Crippen LogP contribution in [0.15, 0.2) is 29.5 Å². The van der Waals surface area contributed by atoms with Gasteiger partial charge >= 0.3 is 0 Å². The standard InChI is InChI=1S/C11H16N2/c1-12-8-4-2-3-5-11-6-9-13-10-7-11/h6-10H,2-5H2,1H3. The van der Waals surface area contributed by atoms with Crippen LogP contribution in [0.1, 0.15) is 24.8 Å². The molecule has 0 saturated heterocycles. The fourth-order valence-electron chi connectivity index (χ4n) is 1.24. The number of aromatic nitrogens is 1. The van der Waals surface area contributed by atoms with Gasteiger partial charge in [0.1, 0.15) is 0 Å². The first-order valence-corrected chi connectivity index (χ1v) is 4.73. The Bertz CT molecular complexity index is 242. The van der Waals surface area contributed by atoms with Gasteiger partial charge in [0.05, 0.1) is 0 Å². The maximum atomic E-state index is 3.98. The summed E-state index contributed by atoms with van der Waals surface area (Å²) in [5, 5.41) is 0. The number of nitrogens with zero attached hydrogens (tertiary/aromatic N) is 2. The zero-order chi connectivity index (χ0) is 9.36. The average Bonchev–Trinajstić information content (AvgIpc) is 2.19. The molecule has 1 aromatic heterocycles. The first-order chi connectivity index (χ1) is 6.43. The molecule has 0 aromatic carbocycles. The summed E-state index contributed by atoms with van der Waals surface area (Å²) in [7, 11) is 1.82. The molecule has 0 unspecified atom stereocenters. The highest BCUT2D eigenvalue weighted by atomic mass is 14.6. The van der Waals surface area contributed by atoms with Gasteiger partial charge in [-0.05, 0) is 49.6 Å². The molecule has 0 aliphatic carbocycles. The average molecular weight is 176 g/mol. The number of aryl methyl sites for hydroxylation is 1. The predicted molar refractivity (Wildman–Crippen MR) is 56.2 cm³/mol. The van der Waals surface area contributed by atoms with Gasteiger partial charge in [-0.1, -0.05) is 0 Å². The van der Waals surface area contributed by atoms with Gasteiger partial charge in [-0.2, -0.15) is 0 Å². The molecule has 0 fully saturated rings. The maximum absolute atomic E-state index is 3.98. The minimum absolute atomic E-state index is 1.10.